The summed E-state index contributed by atoms with van der Waals surface area (Å²) in [5.41, 5.74) is 5.59. The maximum absolute atomic E-state index is 12.1. The Balaban J connectivity index is 1.01. The smallest absolute Gasteiger partial charge is 0.384 e. The first-order valence-corrected chi connectivity index (χ1v) is 14.9. The summed E-state index contributed by atoms with van der Waals surface area (Å²) in [7, 11) is -2.49. The van der Waals surface area contributed by atoms with Gasteiger partial charge in [-0.15, -0.1) is 9.05 Å². The Hall–Kier alpha value is -2.74. The molecule has 1 unspecified atom stereocenters. The molecule has 2 aromatic rings. The van der Waals surface area contributed by atoms with Crippen molar-refractivity contribution >= 4 is 31.3 Å². The van der Waals surface area contributed by atoms with Crippen molar-refractivity contribution in [2.75, 3.05) is 36.9 Å². The highest BCUT2D eigenvalue weighted by molar-refractivity contribution is 7.33. The number of anilines is 2. The third kappa shape index (κ3) is 9.22. The van der Waals surface area contributed by atoms with E-state index in [4.69, 9.17) is 14.0 Å². The van der Waals surface area contributed by atoms with Crippen LogP contribution in [0.3, 0.4) is 0 Å². The fourth-order valence-electron chi connectivity index (χ4n) is 4.71. The highest BCUT2D eigenvalue weighted by Crippen LogP contribution is 2.24. The molecule has 4 heterocycles. The zero-order valence-corrected chi connectivity index (χ0v) is 22.9. The second-order valence-corrected chi connectivity index (χ2v) is 10.9. The van der Waals surface area contributed by atoms with E-state index >= 15 is 0 Å². The molecule has 0 aromatic carbocycles. The summed E-state index contributed by atoms with van der Waals surface area (Å²) in [5, 5.41) is 6.69. The maximum atomic E-state index is 12.1. The van der Waals surface area contributed by atoms with E-state index in [1.165, 1.54) is 5.56 Å². The van der Waals surface area contributed by atoms with Crippen molar-refractivity contribution in [2.24, 2.45) is 0 Å². The van der Waals surface area contributed by atoms with Gasteiger partial charge in [-0.2, -0.15) is 0 Å². The number of hydrogen-bond donors (Lipinski definition) is 2. The molecule has 2 N–H and O–H groups in total. The zero-order valence-electron chi connectivity index (χ0n) is 22.0. The molecule has 0 saturated carbocycles. The lowest BCUT2D eigenvalue weighted by Gasteiger charge is -2.17. The fourth-order valence-corrected chi connectivity index (χ4v) is 5.29. The number of nitrogens with one attached hydrogen (secondary N) is 2. The summed E-state index contributed by atoms with van der Waals surface area (Å²) in [6, 6.07) is 8.32. The summed E-state index contributed by atoms with van der Waals surface area (Å²) in [5.74, 6) is 0.729. The lowest BCUT2D eigenvalue weighted by atomic mass is 10.1. The van der Waals surface area contributed by atoms with Crippen LogP contribution in [0.25, 0.3) is 0 Å². The third-order valence-electron chi connectivity index (χ3n) is 6.83. The van der Waals surface area contributed by atoms with Crippen molar-refractivity contribution in [3.8, 4) is 0 Å². The molecule has 0 bridgehead atoms. The molecule has 204 valence electrons. The van der Waals surface area contributed by atoms with Gasteiger partial charge in [-0.25, -0.2) is 4.98 Å². The molecule has 38 heavy (non-hydrogen) atoms. The van der Waals surface area contributed by atoms with Gasteiger partial charge >= 0.3 is 8.25 Å². The van der Waals surface area contributed by atoms with Gasteiger partial charge in [-0.05, 0) is 88.0 Å². The Morgan fingerprint density at radius 1 is 0.789 bits per heavy atom. The summed E-state index contributed by atoms with van der Waals surface area (Å²) >= 11 is 0. The van der Waals surface area contributed by atoms with E-state index in [2.05, 4.69) is 33.8 Å². The first-order chi connectivity index (χ1) is 18.6. The number of carbonyl (C=O) groups is 2. The Morgan fingerprint density at radius 3 is 2.16 bits per heavy atom. The van der Waals surface area contributed by atoms with Gasteiger partial charge in [0.2, 0.25) is 0 Å². The zero-order chi connectivity index (χ0) is 26.6. The maximum Gasteiger partial charge on any atom is 0.698 e. The van der Waals surface area contributed by atoms with Crippen molar-refractivity contribution in [3.63, 3.8) is 0 Å². The number of hydrogen-bond acceptors (Lipinski definition) is 9. The average Bonchev–Trinajstić information content (AvgIpc) is 2.95. The van der Waals surface area contributed by atoms with Crippen LogP contribution in [0, 0.1) is 0 Å². The van der Waals surface area contributed by atoms with E-state index in [9.17, 15) is 14.2 Å². The number of ketones is 2. The highest BCUT2D eigenvalue weighted by Gasteiger charge is 2.24. The predicted molar refractivity (Wildman–Crippen MR) is 147 cm³/mol. The average molecular weight is 542 g/mol. The molecule has 0 saturated heterocycles. The van der Waals surface area contributed by atoms with Crippen LogP contribution >= 0.6 is 8.25 Å². The second kappa shape index (κ2) is 15.0. The summed E-state index contributed by atoms with van der Waals surface area (Å²) in [4.78, 5) is 33.5. The molecule has 2 aromatic heterocycles. The topological polar surface area (TPSA) is 120 Å². The van der Waals surface area contributed by atoms with Gasteiger partial charge < -0.3 is 10.6 Å². The number of pyridine rings is 2. The quantitative estimate of drug-likeness (QED) is 0.220. The molecule has 4 rings (SSSR count). The minimum absolute atomic E-state index is 0.128. The summed E-state index contributed by atoms with van der Waals surface area (Å²) in [6.45, 7) is 1.42. The lowest BCUT2D eigenvalue weighted by molar-refractivity contribution is -0.121. The molecule has 0 radical (unpaired) electrons. The van der Waals surface area contributed by atoms with Gasteiger partial charge in [-0.3, -0.25) is 14.6 Å². The first kappa shape index (κ1) is 28.3. The predicted octanol–water partition coefficient (Wildman–Crippen LogP) is 5.15. The number of rotatable bonds is 16. The lowest BCUT2D eigenvalue weighted by Crippen LogP contribution is -2.14. The largest absolute Gasteiger partial charge is 0.698 e. The molecule has 0 spiro atoms. The number of carbonyl (C=O) groups excluding carboxylic acids is 2. The Labute approximate surface area is 225 Å². The van der Waals surface area contributed by atoms with Gasteiger partial charge in [-0.1, -0.05) is 6.07 Å². The van der Waals surface area contributed by atoms with E-state index in [1.54, 1.807) is 0 Å². The molecule has 2 aliphatic heterocycles. The summed E-state index contributed by atoms with van der Waals surface area (Å²) < 4.78 is 21.9. The van der Waals surface area contributed by atoms with Crippen LogP contribution < -0.4 is 10.6 Å². The Morgan fingerprint density at radius 2 is 1.42 bits per heavy atom. The van der Waals surface area contributed by atoms with Gasteiger partial charge in [0.1, 0.15) is 5.82 Å². The number of aromatic nitrogens is 2. The molecule has 9 nitrogen and oxygen atoms in total. The van der Waals surface area contributed by atoms with Gasteiger partial charge in [0.25, 0.3) is 0 Å². The van der Waals surface area contributed by atoms with Crippen LogP contribution in [-0.4, -0.2) is 47.8 Å². The third-order valence-corrected chi connectivity index (χ3v) is 7.51. The standard InChI is InChI=1S/C28H38N4O5P/c33-24(10-3-1-8-22-15-16-26-27(31-22)12-6-17-29-26)19-36-38(35)37-20-25(34)11-4-2-9-23-14-13-21-7-5-18-30-28(21)32-23/h13-16,29H,1-12,17-20H2,(H,30,32)/q+1. The van der Waals surface area contributed by atoms with Gasteiger partial charge in [0, 0.05) is 41.9 Å². The van der Waals surface area contributed by atoms with Crippen LogP contribution in [0.5, 0.6) is 0 Å². The van der Waals surface area contributed by atoms with Crippen molar-refractivity contribution < 1.29 is 23.2 Å². The van der Waals surface area contributed by atoms with Crippen molar-refractivity contribution in [3.05, 3.63) is 46.9 Å². The Kier molecular flexibility index (Phi) is 11.2. The monoisotopic (exact) mass is 541 g/mol. The van der Waals surface area contributed by atoms with E-state index in [0.717, 1.165) is 93.0 Å². The fraction of sp³-hybridized carbons (Fsp3) is 0.571. The molecule has 0 fully saturated rings. The first-order valence-electron chi connectivity index (χ1n) is 13.8. The van der Waals surface area contributed by atoms with Crippen LogP contribution in [0.2, 0.25) is 0 Å². The molecular weight excluding hydrogens is 503 g/mol. The molecular formula is C28H38N4O5P+. The van der Waals surface area contributed by atoms with Crippen LogP contribution in [0.1, 0.15) is 74.0 Å². The molecule has 1 atom stereocenters. The SMILES string of the molecule is O=C(CCCCc1ccc2c(n1)CCCN2)CO[P+](=O)OCC(=O)CCCCc1ccc2c(n1)NCCC2. The molecule has 2 aliphatic rings. The number of unbranched alkanes of at least 4 members (excludes halogenated alkanes) is 2. The van der Waals surface area contributed by atoms with Crippen molar-refractivity contribution in [2.45, 2.75) is 77.0 Å². The number of Topliss-reactive ketones (excluding diaryl/α,β-unsaturated/α-hetero) is 2. The van der Waals surface area contributed by atoms with Crippen molar-refractivity contribution in [1.82, 2.24) is 9.97 Å². The second-order valence-electron chi connectivity index (χ2n) is 9.93. The van der Waals surface area contributed by atoms with E-state index in [0.29, 0.717) is 25.7 Å². The normalized spacial score (nSPS) is 14.6. The minimum Gasteiger partial charge on any atom is -0.384 e. The van der Waals surface area contributed by atoms with Gasteiger partial charge in [0.05, 0.1) is 11.4 Å². The molecule has 0 amide bonds. The van der Waals surface area contributed by atoms with Gasteiger partial charge in [0.15, 0.2) is 24.8 Å². The van der Waals surface area contributed by atoms with Crippen LogP contribution in [0.4, 0.5) is 11.5 Å². The van der Waals surface area contributed by atoms with E-state index < -0.39 is 8.25 Å². The number of aryl methyl sites for hydroxylation is 4. The number of fused-ring (bicyclic) bond motifs is 2. The minimum atomic E-state index is -2.49. The van der Waals surface area contributed by atoms with Crippen LogP contribution in [0.15, 0.2) is 24.3 Å². The highest BCUT2D eigenvalue weighted by atomic mass is 31.1. The Bertz CT molecular complexity index is 1040. The van der Waals surface area contributed by atoms with E-state index in [1.807, 2.05) is 6.07 Å². The molecule has 0 aliphatic carbocycles. The van der Waals surface area contributed by atoms with E-state index in [-0.39, 0.29) is 24.8 Å². The number of nitrogens with zero attached hydrogens (tertiary/aromatic N) is 2. The van der Waals surface area contributed by atoms with Crippen molar-refractivity contribution in [1.29, 1.82) is 0 Å². The van der Waals surface area contributed by atoms with Crippen LogP contribution in [-0.2, 0) is 48.9 Å². The molecule has 10 heteroatoms. The summed E-state index contributed by atoms with van der Waals surface area (Å²) in [6.07, 6.45) is 9.75.